The number of anilines is 1. The molecule has 17 heavy (non-hydrogen) atoms. The van der Waals surface area contributed by atoms with Crippen LogP contribution in [0.15, 0.2) is 35.6 Å². The van der Waals surface area contributed by atoms with Gasteiger partial charge in [-0.15, -0.1) is 0 Å². The van der Waals surface area contributed by atoms with Gasteiger partial charge in [0.25, 0.3) is 0 Å². The molecular weight excluding hydrogens is 218 g/mol. The molecule has 0 spiro atoms. The molecule has 1 aliphatic rings. The molecule has 4 nitrogen and oxygen atoms in total. The van der Waals surface area contributed by atoms with Gasteiger partial charge in [-0.3, -0.25) is 4.79 Å². The fourth-order valence-electron chi connectivity index (χ4n) is 1.59. The lowest BCUT2D eigenvalue weighted by atomic mass is 10.2. The lowest BCUT2D eigenvalue weighted by molar-refractivity contribution is -0.114. The molecule has 0 aliphatic carbocycles. The first kappa shape index (κ1) is 11.4. The van der Waals surface area contributed by atoms with Crippen LogP contribution in [0.25, 0.3) is 0 Å². The number of cyclic esters (lactones) is 1. The molecule has 1 aromatic rings. The molecule has 1 aromatic carbocycles. The molecule has 0 radical (unpaired) electrons. The van der Waals surface area contributed by atoms with Crippen LogP contribution in [0.3, 0.4) is 0 Å². The van der Waals surface area contributed by atoms with Crippen LogP contribution in [0.5, 0.6) is 0 Å². The summed E-state index contributed by atoms with van der Waals surface area (Å²) in [5.41, 5.74) is 2.29. The maximum atomic E-state index is 12.0. The minimum atomic E-state index is -0.643. The third-order valence-corrected chi connectivity index (χ3v) is 2.52. The molecule has 4 heteroatoms. The van der Waals surface area contributed by atoms with Crippen molar-refractivity contribution in [1.29, 1.82) is 0 Å². The standard InChI is InChI=1S/C13H13NO3/c1-8(2)11-12(15)14(13(16)17-11)10-6-4-9(3)5-7-10/h4-7H,1-3H3. The van der Waals surface area contributed by atoms with E-state index in [2.05, 4.69) is 0 Å². The normalized spacial score (nSPS) is 15.2. The molecule has 1 aliphatic heterocycles. The first-order valence-corrected chi connectivity index (χ1v) is 5.31. The van der Waals surface area contributed by atoms with Crippen molar-refractivity contribution < 1.29 is 14.3 Å². The Morgan fingerprint density at radius 1 is 1.12 bits per heavy atom. The van der Waals surface area contributed by atoms with Crippen LogP contribution in [-0.2, 0) is 9.53 Å². The summed E-state index contributed by atoms with van der Waals surface area (Å²) in [5.74, 6) is -0.283. The Morgan fingerprint density at radius 3 is 2.18 bits per heavy atom. The van der Waals surface area contributed by atoms with Crippen LogP contribution in [0.1, 0.15) is 19.4 Å². The molecule has 0 N–H and O–H groups in total. The lowest BCUT2D eigenvalue weighted by Gasteiger charge is -2.09. The summed E-state index contributed by atoms with van der Waals surface area (Å²) in [6.45, 7) is 5.41. The van der Waals surface area contributed by atoms with Gasteiger partial charge in [0.2, 0.25) is 0 Å². The Hall–Kier alpha value is -2.10. The van der Waals surface area contributed by atoms with Crippen molar-refractivity contribution in [2.24, 2.45) is 0 Å². The van der Waals surface area contributed by atoms with Gasteiger partial charge < -0.3 is 4.74 Å². The minimum absolute atomic E-state index is 0.121. The maximum absolute atomic E-state index is 12.0. The third-order valence-electron chi connectivity index (χ3n) is 2.52. The zero-order chi connectivity index (χ0) is 12.6. The summed E-state index contributed by atoms with van der Waals surface area (Å²) in [5, 5.41) is 0. The van der Waals surface area contributed by atoms with E-state index in [0.29, 0.717) is 11.3 Å². The predicted octanol–water partition coefficient (Wildman–Crippen LogP) is 2.77. The zero-order valence-electron chi connectivity index (χ0n) is 9.98. The predicted molar refractivity (Wildman–Crippen MR) is 63.5 cm³/mol. The van der Waals surface area contributed by atoms with Gasteiger partial charge in [-0.25, -0.2) is 9.69 Å². The number of nitrogens with zero attached hydrogens (tertiary/aromatic N) is 1. The van der Waals surface area contributed by atoms with E-state index < -0.39 is 12.0 Å². The number of imide groups is 1. The van der Waals surface area contributed by atoms with E-state index in [1.165, 1.54) is 0 Å². The Balaban J connectivity index is 2.41. The maximum Gasteiger partial charge on any atom is 0.427 e. The van der Waals surface area contributed by atoms with Gasteiger partial charge in [0.1, 0.15) is 0 Å². The molecule has 1 fully saturated rings. The highest BCUT2D eigenvalue weighted by Crippen LogP contribution is 2.26. The van der Waals surface area contributed by atoms with Crippen LogP contribution in [0.2, 0.25) is 0 Å². The third kappa shape index (κ3) is 1.93. The SMILES string of the molecule is CC(C)=C1OC(=O)N(c2ccc(C)cc2)C1=O. The van der Waals surface area contributed by atoms with Gasteiger partial charge in [0.05, 0.1) is 5.69 Å². The number of hydrogen-bond acceptors (Lipinski definition) is 3. The molecule has 1 heterocycles. The van der Waals surface area contributed by atoms with E-state index in [0.717, 1.165) is 10.5 Å². The highest BCUT2D eigenvalue weighted by molar-refractivity contribution is 6.23. The number of allylic oxidation sites excluding steroid dienone is 1. The molecule has 0 bridgehead atoms. The van der Waals surface area contributed by atoms with Crippen LogP contribution >= 0.6 is 0 Å². The number of carbonyl (C=O) groups is 2. The largest absolute Gasteiger partial charge is 0.427 e. The van der Waals surface area contributed by atoms with Gasteiger partial charge in [-0.1, -0.05) is 17.7 Å². The number of rotatable bonds is 1. The Bertz CT molecular complexity index is 510. The molecule has 2 amide bonds. The summed E-state index contributed by atoms with van der Waals surface area (Å²) in [6.07, 6.45) is -0.643. The highest BCUT2D eigenvalue weighted by Gasteiger charge is 2.38. The Kier molecular flexibility index (Phi) is 2.71. The quantitative estimate of drug-likeness (QED) is 0.698. The fourth-order valence-corrected chi connectivity index (χ4v) is 1.59. The number of carbonyl (C=O) groups excluding carboxylic acids is 2. The zero-order valence-corrected chi connectivity index (χ0v) is 9.98. The number of ether oxygens (including phenoxy) is 1. The van der Waals surface area contributed by atoms with Crippen molar-refractivity contribution in [3.63, 3.8) is 0 Å². The molecule has 1 saturated heterocycles. The fraction of sp³-hybridized carbons (Fsp3) is 0.231. The van der Waals surface area contributed by atoms with Crippen molar-refractivity contribution in [3.05, 3.63) is 41.2 Å². The van der Waals surface area contributed by atoms with E-state index in [9.17, 15) is 9.59 Å². The number of aryl methyl sites for hydroxylation is 1. The van der Waals surface area contributed by atoms with Gasteiger partial charge in [0.15, 0.2) is 5.76 Å². The smallest absolute Gasteiger partial charge is 0.404 e. The van der Waals surface area contributed by atoms with Crippen molar-refractivity contribution in [2.45, 2.75) is 20.8 Å². The van der Waals surface area contributed by atoms with E-state index in [1.54, 1.807) is 26.0 Å². The van der Waals surface area contributed by atoms with Gasteiger partial charge in [0, 0.05) is 0 Å². The van der Waals surface area contributed by atoms with Crippen molar-refractivity contribution in [2.75, 3.05) is 4.90 Å². The van der Waals surface area contributed by atoms with Crippen LogP contribution in [0, 0.1) is 6.92 Å². The molecule has 88 valence electrons. The average molecular weight is 231 g/mol. The van der Waals surface area contributed by atoms with Crippen LogP contribution in [0.4, 0.5) is 10.5 Å². The summed E-state index contributed by atoms with van der Waals surface area (Å²) in [7, 11) is 0. The summed E-state index contributed by atoms with van der Waals surface area (Å²) >= 11 is 0. The minimum Gasteiger partial charge on any atom is -0.404 e. The van der Waals surface area contributed by atoms with Crippen LogP contribution < -0.4 is 4.90 Å². The second kappa shape index (κ2) is 4.05. The number of amides is 2. The number of benzene rings is 1. The van der Waals surface area contributed by atoms with E-state index in [1.807, 2.05) is 19.1 Å². The number of hydrogen-bond donors (Lipinski definition) is 0. The van der Waals surface area contributed by atoms with E-state index >= 15 is 0 Å². The Labute approximate surface area is 99.5 Å². The summed E-state index contributed by atoms with van der Waals surface area (Å²) < 4.78 is 4.95. The molecule has 2 rings (SSSR count). The molecular formula is C13H13NO3. The second-order valence-corrected chi connectivity index (χ2v) is 4.17. The first-order valence-electron chi connectivity index (χ1n) is 5.31. The average Bonchev–Trinajstić information content (AvgIpc) is 2.56. The first-order chi connectivity index (χ1) is 8.00. The van der Waals surface area contributed by atoms with E-state index in [4.69, 9.17) is 4.74 Å². The topological polar surface area (TPSA) is 46.6 Å². The molecule has 0 saturated carbocycles. The monoisotopic (exact) mass is 231 g/mol. The lowest BCUT2D eigenvalue weighted by Crippen LogP contribution is -2.28. The van der Waals surface area contributed by atoms with Gasteiger partial charge in [-0.05, 0) is 38.5 Å². The molecule has 0 atom stereocenters. The van der Waals surface area contributed by atoms with Crippen molar-refractivity contribution in [1.82, 2.24) is 0 Å². The summed E-state index contributed by atoms with van der Waals surface area (Å²) in [4.78, 5) is 24.6. The van der Waals surface area contributed by atoms with Gasteiger partial charge >= 0.3 is 12.0 Å². The molecule has 0 unspecified atom stereocenters. The van der Waals surface area contributed by atoms with Gasteiger partial charge in [-0.2, -0.15) is 0 Å². The Morgan fingerprint density at radius 2 is 1.71 bits per heavy atom. The molecule has 0 aromatic heterocycles. The highest BCUT2D eigenvalue weighted by atomic mass is 16.6. The van der Waals surface area contributed by atoms with E-state index in [-0.39, 0.29) is 5.76 Å². The van der Waals surface area contributed by atoms with Crippen molar-refractivity contribution in [3.8, 4) is 0 Å². The van der Waals surface area contributed by atoms with Crippen LogP contribution in [-0.4, -0.2) is 12.0 Å². The van der Waals surface area contributed by atoms with Crippen molar-refractivity contribution >= 4 is 17.7 Å². The second-order valence-electron chi connectivity index (χ2n) is 4.17. The summed E-state index contributed by atoms with van der Waals surface area (Å²) in [6, 6.07) is 7.14.